The van der Waals surface area contributed by atoms with Crippen molar-refractivity contribution >= 4 is 22.5 Å². The molecule has 0 unspecified atom stereocenters. The molecule has 11 heteroatoms. The first-order valence-electron chi connectivity index (χ1n) is 6.36. The summed E-state index contributed by atoms with van der Waals surface area (Å²) in [6.07, 6.45) is -4.62. The largest absolute Gasteiger partial charge is 0.433 e. The maximum absolute atomic E-state index is 12.8. The Morgan fingerprint density at radius 1 is 1.48 bits per heavy atom. The average molecular weight is 361 g/mol. The fourth-order valence-corrected chi connectivity index (χ4v) is 2.75. The zero-order valence-electron chi connectivity index (χ0n) is 12.6. The normalized spacial score (nSPS) is 18.2. The van der Waals surface area contributed by atoms with Crippen LogP contribution in [0.15, 0.2) is 16.6 Å². The lowest BCUT2D eigenvalue weighted by molar-refractivity contribution is -0.102. The number of alkyl halides is 5. The highest BCUT2D eigenvalue weighted by Crippen LogP contribution is 2.31. The summed E-state index contributed by atoms with van der Waals surface area (Å²) in [6, 6.07) is 0. The Labute approximate surface area is 133 Å². The molecule has 0 spiro atoms. The highest BCUT2D eigenvalue weighted by Gasteiger charge is 2.39. The second-order valence-corrected chi connectivity index (χ2v) is 6.16. The summed E-state index contributed by atoms with van der Waals surface area (Å²) in [6.45, 7) is 0.180. The first-order valence-corrected chi connectivity index (χ1v) is 7.34. The van der Waals surface area contributed by atoms with Crippen molar-refractivity contribution in [2.45, 2.75) is 38.7 Å². The van der Waals surface area contributed by atoms with Gasteiger partial charge >= 0.3 is 12.8 Å². The van der Waals surface area contributed by atoms with Crippen LogP contribution >= 0.6 is 11.8 Å². The molecule has 0 saturated carbocycles. The molecule has 132 valence electrons. The number of ether oxygens (including phenoxy) is 1. The van der Waals surface area contributed by atoms with Crippen molar-refractivity contribution in [2.75, 3.05) is 12.8 Å². The molecule has 1 aliphatic rings. The van der Waals surface area contributed by atoms with Gasteiger partial charge in [0, 0.05) is 19.2 Å². The van der Waals surface area contributed by atoms with Gasteiger partial charge in [-0.3, -0.25) is 5.41 Å². The van der Waals surface area contributed by atoms with Crippen LogP contribution in [0.3, 0.4) is 0 Å². The molecule has 0 amide bonds. The third-order valence-corrected chi connectivity index (χ3v) is 3.63. The lowest BCUT2D eigenvalue weighted by Gasteiger charge is -2.17. The van der Waals surface area contributed by atoms with E-state index in [0.29, 0.717) is 11.5 Å². The predicted molar refractivity (Wildman–Crippen MR) is 76.6 cm³/mol. The Morgan fingerprint density at radius 2 is 2.09 bits per heavy atom. The lowest BCUT2D eigenvalue weighted by Crippen LogP contribution is -2.29. The first kappa shape index (κ1) is 19.5. The summed E-state index contributed by atoms with van der Waals surface area (Å²) in [7, 11) is 1.13. The van der Waals surface area contributed by atoms with Crippen LogP contribution in [0, 0.1) is 5.41 Å². The molecular weight excluding hydrogens is 345 g/mol. The third kappa shape index (κ3) is 5.88. The second-order valence-electron chi connectivity index (χ2n) is 5.11. The van der Waals surface area contributed by atoms with Gasteiger partial charge in [0.25, 0.3) is 0 Å². The number of rotatable bonds is 6. The van der Waals surface area contributed by atoms with E-state index in [9.17, 15) is 22.0 Å². The van der Waals surface area contributed by atoms with Crippen molar-refractivity contribution in [1.29, 1.82) is 5.41 Å². The molecule has 5 nitrogen and oxygen atoms in total. The van der Waals surface area contributed by atoms with Gasteiger partial charge in [-0.15, -0.1) is 11.8 Å². The monoisotopic (exact) mass is 361 g/mol. The topological polar surface area (TPSA) is 66.7 Å². The van der Waals surface area contributed by atoms with E-state index in [0.717, 1.165) is 18.8 Å². The Morgan fingerprint density at radius 3 is 2.48 bits per heavy atom. The minimum absolute atomic E-state index is 0.370. The molecule has 1 heterocycles. The summed E-state index contributed by atoms with van der Waals surface area (Å²) in [5.74, 6) is -1.21. The average Bonchev–Trinajstić information content (AvgIpc) is 2.75. The summed E-state index contributed by atoms with van der Waals surface area (Å²) in [5.41, 5.74) is -3.05. The zero-order valence-corrected chi connectivity index (χ0v) is 13.4. The van der Waals surface area contributed by atoms with Gasteiger partial charge in [-0.25, -0.2) is 0 Å². The van der Waals surface area contributed by atoms with Gasteiger partial charge in [-0.05, 0) is 13.8 Å². The molecule has 0 bridgehead atoms. The van der Waals surface area contributed by atoms with Crippen LogP contribution in [0.25, 0.3) is 0 Å². The van der Waals surface area contributed by atoms with Crippen LogP contribution in [0.4, 0.5) is 22.0 Å². The minimum atomic E-state index is -4.99. The first-order chi connectivity index (χ1) is 10.5. The van der Waals surface area contributed by atoms with E-state index in [-0.39, 0.29) is 0 Å². The van der Waals surface area contributed by atoms with Gasteiger partial charge in [-0.1, -0.05) is 5.16 Å². The third-order valence-electron chi connectivity index (χ3n) is 2.65. The van der Waals surface area contributed by atoms with Gasteiger partial charge in [0.05, 0.1) is 5.57 Å². The van der Waals surface area contributed by atoms with Gasteiger partial charge < -0.3 is 14.9 Å². The molecular formula is C12H16F5N3O2S. The number of nitrogens with one attached hydrogen (secondary N) is 2. The predicted octanol–water partition coefficient (Wildman–Crippen LogP) is 3.48. The summed E-state index contributed by atoms with van der Waals surface area (Å²) < 4.78 is 67.0. The number of thioether (sulfide) groups is 1. The highest BCUT2D eigenvalue weighted by atomic mass is 32.2. The van der Waals surface area contributed by atoms with Crippen molar-refractivity contribution in [3.05, 3.63) is 11.5 Å². The van der Waals surface area contributed by atoms with E-state index < -0.39 is 41.3 Å². The number of halogens is 5. The molecule has 0 aromatic carbocycles. The molecule has 0 aromatic rings. The molecule has 2 N–H and O–H groups in total. The number of hydrogen-bond donors (Lipinski definition) is 2. The molecule has 1 rings (SSSR count). The lowest BCUT2D eigenvalue weighted by atomic mass is 10.1. The maximum atomic E-state index is 12.8. The van der Waals surface area contributed by atoms with Gasteiger partial charge in [0.2, 0.25) is 0 Å². The Kier molecular flexibility index (Phi) is 6.25. The fraction of sp³-hybridized carbons (Fsp3) is 0.667. The van der Waals surface area contributed by atoms with Crippen molar-refractivity contribution in [3.8, 4) is 0 Å². The highest BCUT2D eigenvalue weighted by molar-refractivity contribution is 8.14. The summed E-state index contributed by atoms with van der Waals surface area (Å²) in [4.78, 5) is 5.07. The number of hydrogen-bond acceptors (Lipinski definition) is 6. The van der Waals surface area contributed by atoms with Crippen molar-refractivity contribution in [2.24, 2.45) is 5.16 Å². The molecule has 0 radical (unpaired) electrons. The van der Waals surface area contributed by atoms with Crippen molar-refractivity contribution in [3.63, 3.8) is 0 Å². The quantitative estimate of drug-likeness (QED) is 0.432. The second kappa shape index (κ2) is 7.37. The molecule has 1 aliphatic heterocycles. The van der Waals surface area contributed by atoms with E-state index in [1.54, 1.807) is 13.8 Å². The number of oxime groups is 1. The zero-order chi connectivity index (χ0) is 17.8. The molecule has 0 aliphatic carbocycles. The molecule has 0 atom stereocenters. The van der Waals surface area contributed by atoms with E-state index >= 15 is 0 Å². The van der Waals surface area contributed by atoms with Crippen molar-refractivity contribution in [1.82, 2.24) is 5.32 Å². The smallest absolute Gasteiger partial charge is 0.419 e. The molecule has 23 heavy (non-hydrogen) atoms. The Hall–Kier alpha value is -1.52. The molecule has 0 aromatic heterocycles. The van der Waals surface area contributed by atoms with Crippen molar-refractivity contribution < 1.29 is 31.5 Å². The fourth-order valence-electron chi connectivity index (χ4n) is 1.63. The van der Waals surface area contributed by atoms with Crippen LogP contribution in [0.5, 0.6) is 0 Å². The van der Waals surface area contributed by atoms with E-state index in [1.165, 1.54) is 0 Å². The Balaban J connectivity index is 2.96. The van der Waals surface area contributed by atoms with Gasteiger partial charge in [0.15, 0.2) is 5.88 Å². The standard InChI is InChI=1S/C12H16F5N3O2S/c1-11(2)4-7(20-22-11)23-5-6(8(18)12(15,16)17)9(19-3)21-10(13)14/h10,18-19H,4-5H2,1-3H3/b9-6+,18-8?. The van der Waals surface area contributed by atoms with Gasteiger partial charge in [0.1, 0.15) is 16.4 Å². The van der Waals surface area contributed by atoms with E-state index in [1.807, 2.05) is 0 Å². The maximum Gasteiger partial charge on any atom is 0.433 e. The van der Waals surface area contributed by atoms with Crippen LogP contribution in [-0.4, -0.2) is 41.9 Å². The minimum Gasteiger partial charge on any atom is -0.419 e. The van der Waals surface area contributed by atoms with Gasteiger partial charge in [-0.2, -0.15) is 22.0 Å². The summed E-state index contributed by atoms with van der Waals surface area (Å²) in [5, 5.41) is 13.5. The van der Waals surface area contributed by atoms with E-state index in [2.05, 4.69) is 15.2 Å². The van der Waals surface area contributed by atoms with Crippen LogP contribution in [0.2, 0.25) is 0 Å². The van der Waals surface area contributed by atoms with Crippen LogP contribution in [-0.2, 0) is 9.57 Å². The van der Waals surface area contributed by atoms with Crippen LogP contribution < -0.4 is 5.32 Å². The number of nitrogens with zero attached hydrogens (tertiary/aromatic N) is 1. The summed E-state index contributed by atoms with van der Waals surface area (Å²) >= 11 is 0.871. The van der Waals surface area contributed by atoms with Crippen LogP contribution in [0.1, 0.15) is 20.3 Å². The SMILES string of the molecule is CN/C(OC(F)F)=C(/CSC1=NOC(C)(C)C1)C(=N)C(F)(F)F. The molecule has 0 fully saturated rings. The molecule has 0 saturated heterocycles. The van der Waals surface area contributed by atoms with E-state index in [4.69, 9.17) is 10.2 Å². The Bertz CT molecular complexity index is 517.